The van der Waals surface area contributed by atoms with Crippen molar-refractivity contribution in [1.82, 2.24) is 5.32 Å². The van der Waals surface area contributed by atoms with Gasteiger partial charge < -0.3 is 11.1 Å². The summed E-state index contributed by atoms with van der Waals surface area (Å²) in [5.41, 5.74) is 5.82. The van der Waals surface area contributed by atoms with E-state index in [1.807, 2.05) is 6.07 Å². The van der Waals surface area contributed by atoms with Crippen molar-refractivity contribution in [2.24, 2.45) is 5.73 Å². The number of halogens is 1. The minimum Gasteiger partial charge on any atom is -0.387 e. The Morgan fingerprint density at radius 1 is 1.38 bits per heavy atom. The molecule has 0 fully saturated rings. The third-order valence-corrected chi connectivity index (χ3v) is 1.57. The van der Waals surface area contributed by atoms with Gasteiger partial charge in [-0.05, 0) is 0 Å². The second-order valence-electron chi connectivity index (χ2n) is 2.60. The molecule has 3 N–H and O–H groups in total. The monoisotopic (exact) mass is 180 g/mol. The molecule has 0 aromatic heterocycles. The first-order valence-electron chi connectivity index (χ1n) is 4.19. The van der Waals surface area contributed by atoms with Gasteiger partial charge in [0.15, 0.2) is 0 Å². The molecule has 0 saturated carbocycles. The van der Waals surface area contributed by atoms with Gasteiger partial charge in [0.2, 0.25) is 0 Å². The van der Waals surface area contributed by atoms with Crippen molar-refractivity contribution >= 4 is 5.83 Å². The number of hydrogen-bond donors (Lipinski definition) is 2. The van der Waals surface area contributed by atoms with E-state index in [0.717, 1.165) is 0 Å². The Kier molecular flexibility index (Phi) is 3.99. The van der Waals surface area contributed by atoms with Crippen LogP contribution in [0.25, 0.3) is 5.83 Å². The maximum absolute atomic E-state index is 13.2. The zero-order valence-corrected chi connectivity index (χ0v) is 7.33. The smallest absolute Gasteiger partial charge is 0.146 e. The molecule has 3 heteroatoms. The third kappa shape index (κ3) is 3.25. The minimum atomic E-state index is -0.269. The van der Waals surface area contributed by atoms with E-state index in [4.69, 9.17) is 5.73 Å². The lowest BCUT2D eigenvalue weighted by molar-refractivity contribution is 0.739. The molecule has 0 heterocycles. The number of benzene rings is 1. The van der Waals surface area contributed by atoms with Gasteiger partial charge in [-0.2, -0.15) is 0 Å². The highest BCUT2D eigenvalue weighted by Crippen LogP contribution is 2.13. The molecule has 0 aliphatic rings. The van der Waals surface area contributed by atoms with Crippen molar-refractivity contribution in [2.45, 2.75) is 0 Å². The van der Waals surface area contributed by atoms with E-state index in [1.165, 1.54) is 6.20 Å². The standard InChI is InChI=1S/C10H13FN2/c11-10(8-13-7-6-12)9-4-2-1-3-5-9/h1-5,8,13H,6-7,12H2. The van der Waals surface area contributed by atoms with Crippen molar-refractivity contribution in [1.29, 1.82) is 0 Å². The van der Waals surface area contributed by atoms with E-state index in [0.29, 0.717) is 18.7 Å². The third-order valence-electron chi connectivity index (χ3n) is 1.57. The molecule has 70 valence electrons. The molecular weight excluding hydrogens is 167 g/mol. The van der Waals surface area contributed by atoms with E-state index in [2.05, 4.69) is 5.32 Å². The fourth-order valence-corrected chi connectivity index (χ4v) is 0.926. The van der Waals surface area contributed by atoms with E-state index in [9.17, 15) is 4.39 Å². The fourth-order valence-electron chi connectivity index (χ4n) is 0.926. The Hall–Kier alpha value is -1.35. The van der Waals surface area contributed by atoms with Gasteiger partial charge in [0, 0.05) is 24.9 Å². The highest BCUT2D eigenvalue weighted by atomic mass is 19.1. The summed E-state index contributed by atoms with van der Waals surface area (Å²) in [7, 11) is 0. The summed E-state index contributed by atoms with van der Waals surface area (Å²) in [4.78, 5) is 0. The first-order chi connectivity index (χ1) is 6.34. The summed E-state index contributed by atoms with van der Waals surface area (Å²) in [5.74, 6) is -0.269. The zero-order valence-electron chi connectivity index (χ0n) is 7.33. The molecule has 0 bridgehead atoms. The van der Waals surface area contributed by atoms with Crippen LogP contribution in [0.3, 0.4) is 0 Å². The van der Waals surface area contributed by atoms with Crippen molar-refractivity contribution in [2.75, 3.05) is 13.1 Å². The molecule has 13 heavy (non-hydrogen) atoms. The van der Waals surface area contributed by atoms with Crippen LogP contribution in [0.5, 0.6) is 0 Å². The molecule has 0 radical (unpaired) electrons. The van der Waals surface area contributed by atoms with Gasteiger partial charge in [0.1, 0.15) is 5.83 Å². The fraction of sp³-hybridized carbons (Fsp3) is 0.200. The molecule has 1 rings (SSSR count). The van der Waals surface area contributed by atoms with Crippen LogP contribution in [0, 0.1) is 0 Å². The molecule has 1 aromatic carbocycles. The second-order valence-corrected chi connectivity index (χ2v) is 2.60. The SMILES string of the molecule is NCCNC=C(F)c1ccccc1. The number of rotatable bonds is 4. The second kappa shape index (κ2) is 5.32. The van der Waals surface area contributed by atoms with Gasteiger partial charge in [0.25, 0.3) is 0 Å². The zero-order chi connectivity index (χ0) is 9.52. The van der Waals surface area contributed by atoms with Crippen molar-refractivity contribution in [3.05, 3.63) is 42.1 Å². The minimum absolute atomic E-state index is 0.269. The van der Waals surface area contributed by atoms with Gasteiger partial charge in [-0.15, -0.1) is 0 Å². The highest BCUT2D eigenvalue weighted by Gasteiger charge is 1.96. The van der Waals surface area contributed by atoms with Crippen molar-refractivity contribution in [3.8, 4) is 0 Å². The van der Waals surface area contributed by atoms with Gasteiger partial charge in [-0.3, -0.25) is 0 Å². The molecule has 0 aliphatic heterocycles. The molecule has 0 unspecified atom stereocenters. The Labute approximate surface area is 77.3 Å². The number of nitrogens with one attached hydrogen (secondary N) is 1. The summed E-state index contributed by atoms with van der Waals surface area (Å²) in [6, 6.07) is 8.88. The van der Waals surface area contributed by atoms with Crippen molar-refractivity contribution in [3.63, 3.8) is 0 Å². The quantitative estimate of drug-likeness (QED) is 0.689. The van der Waals surface area contributed by atoms with Gasteiger partial charge >= 0.3 is 0 Å². The Morgan fingerprint density at radius 2 is 2.08 bits per heavy atom. The lowest BCUT2D eigenvalue weighted by Crippen LogP contribution is -2.17. The van der Waals surface area contributed by atoms with Crippen molar-refractivity contribution < 1.29 is 4.39 Å². The van der Waals surface area contributed by atoms with Crippen LogP contribution in [0.1, 0.15) is 5.56 Å². The molecule has 1 aromatic rings. The van der Waals surface area contributed by atoms with Gasteiger partial charge in [0.05, 0.1) is 0 Å². The molecular formula is C10H13FN2. The Bertz CT molecular complexity index is 270. The molecule has 0 spiro atoms. The Balaban J connectivity index is 2.57. The summed E-state index contributed by atoms with van der Waals surface area (Å²) >= 11 is 0. The van der Waals surface area contributed by atoms with E-state index in [-0.39, 0.29) is 5.83 Å². The highest BCUT2D eigenvalue weighted by molar-refractivity contribution is 5.58. The van der Waals surface area contributed by atoms with Crippen LogP contribution in [0.2, 0.25) is 0 Å². The predicted molar refractivity (Wildman–Crippen MR) is 52.6 cm³/mol. The van der Waals surface area contributed by atoms with E-state index in [1.54, 1.807) is 24.3 Å². The van der Waals surface area contributed by atoms with Crippen LogP contribution >= 0.6 is 0 Å². The predicted octanol–water partition coefficient (Wildman–Crippen LogP) is 1.50. The first kappa shape index (κ1) is 9.74. The molecule has 0 aliphatic carbocycles. The average Bonchev–Trinajstić information content (AvgIpc) is 2.19. The Morgan fingerprint density at radius 3 is 2.69 bits per heavy atom. The maximum Gasteiger partial charge on any atom is 0.146 e. The lowest BCUT2D eigenvalue weighted by atomic mass is 10.2. The lowest BCUT2D eigenvalue weighted by Gasteiger charge is -1.99. The largest absolute Gasteiger partial charge is 0.387 e. The van der Waals surface area contributed by atoms with Crippen LogP contribution < -0.4 is 11.1 Å². The topological polar surface area (TPSA) is 38.0 Å². The summed E-state index contributed by atoms with van der Waals surface area (Å²) in [6.45, 7) is 1.08. The van der Waals surface area contributed by atoms with Crippen LogP contribution in [-0.2, 0) is 0 Å². The molecule has 0 atom stereocenters. The summed E-state index contributed by atoms with van der Waals surface area (Å²) in [5, 5.41) is 2.77. The van der Waals surface area contributed by atoms with Crippen LogP contribution in [0.4, 0.5) is 4.39 Å². The van der Waals surface area contributed by atoms with Gasteiger partial charge in [-0.1, -0.05) is 30.3 Å². The normalized spacial score (nSPS) is 11.4. The van der Waals surface area contributed by atoms with E-state index >= 15 is 0 Å². The van der Waals surface area contributed by atoms with Crippen LogP contribution in [-0.4, -0.2) is 13.1 Å². The molecule has 2 nitrogen and oxygen atoms in total. The van der Waals surface area contributed by atoms with E-state index < -0.39 is 0 Å². The summed E-state index contributed by atoms with van der Waals surface area (Å²) < 4.78 is 13.2. The first-order valence-corrected chi connectivity index (χ1v) is 4.19. The molecule has 0 saturated heterocycles. The summed E-state index contributed by atoms with van der Waals surface area (Å²) in [6.07, 6.45) is 1.34. The number of nitrogens with two attached hydrogens (primary N) is 1. The average molecular weight is 180 g/mol. The maximum atomic E-state index is 13.2. The number of hydrogen-bond acceptors (Lipinski definition) is 2. The van der Waals surface area contributed by atoms with Crippen LogP contribution in [0.15, 0.2) is 36.5 Å². The molecule has 0 amide bonds. The van der Waals surface area contributed by atoms with Gasteiger partial charge in [-0.25, -0.2) is 4.39 Å².